The fourth-order valence-corrected chi connectivity index (χ4v) is 5.68. The minimum Gasteiger partial charge on any atom is -0.369 e. The molecule has 3 heterocycles. The molecule has 1 saturated heterocycles. The number of aryl methyl sites for hydroxylation is 1. The molecule has 6 nitrogen and oxygen atoms in total. The molecule has 176 valence electrons. The average Bonchev–Trinajstić information content (AvgIpc) is 3.08. The van der Waals surface area contributed by atoms with Gasteiger partial charge in [-0.05, 0) is 85.9 Å². The highest BCUT2D eigenvalue weighted by atomic mass is 16.2. The molecule has 3 aliphatic rings. The topological polar surface area (TPSA) is 84.1 Å². The largest absolute Gasteiger partial charge is 0.369 e. The Kier molecular flexibility index (Phi) is 5.69. The number of nitrogens with zero attached hydrogens (tertiary/aromatic N) is 3. The first-order valence-corrected chi connectivity index (χ1v) is 12.9. The Morgan fingerprint density at radius 1 is 1.00 bits per heavy atom. The van der Waals surface area contributed by atoms with Crippen molar-refractivity contribution in [1.29, 1.82) is 0 Å². The van der Waals surface area contributed by atoms with Crippen LogP contribution in [0.1, 0.15) is 56.2 Å². The summed E-state index contributed by atoms with van der Waals surface area (Å²) >= 11 is 0. The van der Waals surface area contributed by atoms with Gasteiger partial charge in [0.1, 0.15) is 5.82 Å². The monoisotopic (exact) mass is 455 g/mol. The number of hydrogen-bond donors (Lipinski definition) is 2. The number of nitrogens with one attached hydrogen (secondary N) is 1. The molecule has 3 aromatic rings. The van der Waals surface area contributed by atoms with Gasteiger partial charge in [0, 0.05) is 42.3 Å². The molecule has 2 aliphatic carbocycles. The molecule has 6 heteroatoms. The van der Waals surface area contributed by atoms with Crippen LogP contribution in [0, 0.1) is 5.92 Å². The summed E-state index contributed by atoms with van der Waals surface area (Å²) < 4.78 is 0. The molecule has 0 unspecified atom stereocenters. The van der Waals surface area contributed by atoms with Crippen molar-refractivity contribution in [2.75, 3.05) is 23.3 Å². The van der Waals surface area contributed by atoms with Crippen LogP contribution >= 0.6 is 0 Å². The first kappa shape index (κ1) is 21.5. The van der Waals surface area contributed by atoms with E-state index in [1.807, 2.05) is 12.1 Å². The molecular formula is C28H33N5O. The van der Waals surface area contributed by atoms with Crippen LogP contribution in [0.4, 0.5) is 11.5 Å². The molecule has 0 spiro atoms. The number of fused-ring (bicyclic) bond motifs is 2. The first-order valence-electron chi connectivity index (χ1n) is 12.9. The van der Waals surface area contributed by atoms with E-state index in [-0.39, 0.29) is 17.9 Å². The van der Waals surface area contributed by atoms with Gasteiger partial charge in [0.2, 0.25) is 5.91 Å². The van der Waals surface area contributed by atoms with Gasteiger partial charge in [-0.3, -0.25) is 9.78 Å². The lowest BCUT2D eigenvalue weighted by atomic mass is 9.85. The van der Waals surface area contributed by atoms with Crippen LogP contribution in [0.3, 0.4) is 0 Å². The number of amides is 1. The van der Waals surface area contributed by atoms with Crippen molar-refractivity contribution < 1.29 is 4.79 Å². The van der Waals surface area contributed by atoms with Crippen molar-refractivity contribution >= 4 is 28.3 Å². The van der Waals surface area contributed by atoms with Gasteiger partial charge in [0.15, 0.2) is 0 Å². The Hall–Kier alpha value is -2.99. The van der Waals surface area contributed by atoms with Crippen LogP contribution in [0.5, 0.6) is 0 Å². The molecule has 6 rings (SSSR count). The van der Waals surface area contributed by atoms with Gasteiger partial charge in [0.25, 0.3) is 0 Å². The Bertz CT molecular complexity index is 1230. The van der Waals surface area contributed by atoms with Gasteiger partial charge in [-0.1, -0.05) is 18.9 Å². The summed E-state index contributed by atoms with van der Waals surface area (Å²) in [5.41, 5.74) is 13.6. The number of pyridine rings is 2. The zero-order chi connectivity index (χ0) is 23.1. The second-order valence-corrected chi connectivity index (χ2v) is 10.2. The van der Waals surface area contributed by atoms with Gasteiger partial charge in [-0.2, -0.15) is 0 Å². The summed E-state index contributed by atoms with van der Waals surface area (Å²) in [5.74, 6) is 0.858. The maximum absolute atomic E-state index is 12.4. The van der Waals surface area contributed by atoms with Gasteiger partial charge >= 0.3 is 0 Å². The number of anilines is 2. The molecule has 2 aromatic heterocycles. The molecule has 1 aromatic carbocycles. The van der Waals surface area contributed by atoms with E-state index < -0.39 is 0 Å². The van der Waals surface area contributed by atoms with E-state index in [4.69, 9.17) is 10.7 Å². The Morgan fingerprint density at radius 2 is 1.85 bits per heavy atom. The smallest absolute Gasteiger partial charge is 0.228 e. The highest BCUT2D eigenvalue weighted by Gasteiger charge is 2.27. The van der Waals surface area contributed by atoms with E-state index in [9.17, 15) is 4.79 Å². The van der Waals surface area contributed by atoms with Crippen LogP contribution in [0.15, 0.2) is 36.5 Å². The maximum Gasteiger partial charge on any atom is 0.228 e. The van der Waals surface area contributed by atoms with Crippen LogP contribution in [0.2, 0.25) is 0 Å². The van der Waals surface area contributed by atoms with E-state index in [1.54, 1.807) is 6.20 Å². The van der Waals surface area contributed by atoms with Crippen LogP contribution in [-0.4, -0.2) is 35.0 Å². The summed E-state index contributed by atoms with van der Waals surface area (Å²) in [6.45, 7) is 1.91. The maximum atomic E-state index is 12.4. The van der Waals surface area contributed by atoms with E-state index in [0.29, 0.717) is 5.82 Å². The molecule has 34 heavy (non-hydrogen) atoms. The number of nitrogens with two attached hydrogens (primary N) is 1. The van der Waals surface area contributed by atoms with E-state index in [2.05, 4.69) is 33.4 Å². The number of carbonyl (C=O) groups excluding carboxylic acids is 1. The minimum absolute atomic E-state index is 0.0916. The van der Waals surface area contributed by atoms with Gasteiger partial charge in [-0.15, -0.1) is 0 Å². The summed E-state index contributed by atoms with van der Waals surface area (Å²) in [6.07, 6.45) is 11.8. The molecule has 1 atom stereocenters. The highest BCUT2D eigenvalue weighted by Crippen LogP contribution is 2.39. The van der Waals surface area contributed by atoms with E-state index in [0.717, 1.165) is 68.3 Å². The highest BCUT2D eigenvalue weighted by molar-refractivity contribution is 5.97. The van der Waals surface area contributed by atoms with Gasteiger partial charge < -0.3 is 16.0 Å². The lowest BCUT2D eigenvalue weighted by Gasteiger charge is -2.25. The first-order chi connectivity index (χ1) is 16.7. The van der Waals surface area contributed by atoms with Gasteiger partial charge in [-0.25, -0.2) is 4.98 Å². The van der Waals surface area contributed by atoms with Gasteiger partial charge in [0.05, 0.1) is 11.2 Å². The Balaban J connectivity index is 1.41. The van der Waals surface area contributed by atoms with E-state index >= 15 is 0 Å². The molecule has 1 saturated carbocycles. The molecule has 0 radical (unpaired) electrons. The number of rotatable bonds is 4. The zero-order valence-corrected chi connectivity index (χ0v) is 19.7. The Morgan fingerprint density at radius 3 is 2.65 bits per heavy atom. The second kappa shape index (κ2) is 8.99. The average molecular weight is 456 g/mol. The third kappa shape index (κ3) is 4.05. The molecule has 3 N–H and O–H groups in total. The summed E-state index contributed by atoms with van der Waals surface area (Å²) in [6, 6.07) is 10.8. The summed E-state index contributed by atoms with van der Waals surface area (Å²) in [4.78, 5) is 24.4. The van der Waals surface area contributed by atoms with Crippen LogP contribution in [-0.2, 0) is 17.6 Å². The number of benzene rings is 1. The zero-order valence-electron chi connectivity index (χ0n) is 19.7. The number of aromatic nitrogens is 2. The SMILES string of the molecule is N[C@H]1CCN(c2c3c(nc4ccc(-c5ccnc(NC(=O)C6CCC6)c5)cc24)CCCCC3)C1. The van der Waals surface area contributed by atoms with Crippen molar-refractivity contribution in [2.45, 2.75) is 63.8 Å². The van der Waals surface area contributed by atoms with Crippen molar-refractivity contribution in [3.8, 4) is 11.1 Å². The van der Waals surface area contributed by atoms with Crippen molar-refractivity contribution in [1.82, 2.24) is 9.97 Å². The van der Waals surface area contributed by atoms with Crippen molar-refractivity contribution in [2.24, 2.45) is 11.7 Å². The molecule has 1 aliphatic heterocycles. The fourth-order valence-electron chi connectivity index (χ4n) is 5.68. The molecule has 0 bridgehead atoms. The summed E-state index contributed by atoms with van der Waals surface area (Å²) in [7, 11) is 0. The van der Waals surface area contributed by atoms with Crippen LogP contribution in [0.25, 0.3) is 22.0 Å². The molecule has 1 amide bonds. The fraction of sp³-hybridized carbons (Fsp3) is 0.464. The van der Waals surface area contributed by atoms with Crippen molar-refractivity contribution in [3.63, 3.8) is 0 Å². The predicted molar refractivity (Wildman–Crippen MR) is 137 cm³/mol. The Labute approximate surface area is 201 Å². The normalized spacial score (nSPS) is 20.6. The third-order valence-corrected chi connectivity index (χ3v) is 7.84. The lowest BCUT2D eigenvalue weighted by Crippen LogP contribution is -2.28. The second-order valence-electron chi connectivity index (χ2n) is 10.2. The quantitative estimate of drug-likeness (QED) is 0.550. The predicted octanol–water partition coefficient (Wildman–Crippen LogP) is 4.84. The molecule has 2 fully saturated rings. The summed E-state index contributed by atoms with van der Waals surface area (Å²) in [5, 5.41) is 4.23. The van der Waals surface area contributed by atoms with E-state index in [1.165, 1.54) is 41.6 Å². The lowest BCUT2D eigenvalue weighted by molar-refractivity contribution is -0.122. The molecular weight excluding hydrogens is 422 g/mol. The number of carbonyl (C=O) groups is 1. The standard InChI is InChI=1S/C28H33N5O/c29-21-12-14-33(17-21)27-22-7-2-1-3-8-24(22)31-25-10-9-19(15-23(25)27)20-11-13-30-26(16-20)32-28(34)18-5-4-6-18/h9-11,13,15-16,18,21H,1-8,12,14,17,29H2,(H,30,32,34)/t21-/m0/s1. The van der Waals surface area contributed by atoms with Crippen molar-refractivity contribution in [3.05, 3.63) is 47.8 Å². The minimum atomic E-state index is 0.0916. The van der Waals surface area contributed by atoms with Crippen LogP contribution < -0.4 is 16.0 Å². The number of hydrogen-bond acceptors (Lipinski definition) is 5. The third-order valence-electron chi connectivity index (χ3n) is 7.84.